The molecule has 5 nitrogen and oxygen atoms in total. The third-order valence-electron chi connectivity index (χ3n) is 4.33. The van der Waals surface area contributed by atoms with Crippen LogP contribution in [0.3, 0.4) is 0 Å². The highest BCUT2D eigenvalue weighted by Gasteiger charge is 2.22. The van der Waals surface area contributed by atoms with Crippen LogP contribution in [0.5, 0.6) is 11.5 Å². The minimum absolute atomic E-state index is 0.0253. The molecule has 0 saturated heterocycles. The van der Waals surface area contributed by atoms with E-state index in [0.717, 1.165) is 10.5 Å². The zero-order chi connectivity index (χ0) is 20.0. The van der Waals surface area contributed by atoms with Gasteiger partial charge in [0.1, 0.15) is 12.4 Å². The second-order valence-electron chi connectivity index (χ2n) is 6.28. The number of benzene rings is 2. The first-order chi connectivity index (χ1) is 12.8. The predicted octanol–water partition coefficient (Wildman–Crippen LogP) is 2.93. The fourth-order valence-corrected chi connectivity index (χ4v) is 2.80. The van der Waals surface area contributed by atoms with Crippen LogP contribution in [0, 0.1) is 5.82 Å². The quantitative estimate of drug-likeness (QED) is 0.722. The van der Waals surface area contributed by atoms with Crippen molar-refractivity contribution in [3.05, 3.63) is 52.8 Å². The number of likely N-dealkylation sites (N-methyl/N-ethyl adjacent to an activating group) is 1. The number of halogens is 2. The van der Waals surface area contributed by atoms with E-state index >= 15 is 0 Å². The molecule has 2 rings (SSSR count). The molecule has 0 bridgehead atoms. The van der Waals surface area contributed by atoms with Gasteiger partial charge in [0.15, 0.2) is 17.5 Å². The lowest BCUT2D eigenvalue weighted by Crippen LogP contribution is -3.12. The van der Waals surface area contributed by atoms with Gasteiger partial charge in [0.05, 0.1) is 25.8 Å². The molecule has 0 spiro atoms. The SMILES string of the molecule is CCOc1ccc(C[NH+](C)[C@H](C)C(=O)Nc2ccc(F)c(Cl)c2)cc1OC. The fourth-order valence-electron chi connectivity index (χ4n) is 2.62. The third-order valence-corrected chi connectivity index (χ3v) is 4.62. The molecule has 27 heavy (non-hydrogen) atoms. The van der Waals surface area contributed by atoms with E-state index in [1.165, 1.54) is 18.2 Å². The van der Waals surface area contributed by atoms with Crippen molar-refractivity contribution in [2.45, 2.75) is 26.4 Å². The van der Waals surface area contributed by atoms with E-state index in [1.807, 2.05) is 39.1 Å². The molecule has 0 aliphatic carbocycles. The number of carbonyl (C=O) groups is 1. The molecule has 0 heterocycles. The van der Waals surface area contributed by atoms with E-state index in [2.05, 4.69) is 5.32 Å². The molecule has 1 unspecified atom stereocenters. The Hall–Kier alpha value is -2.31. The molecule has 0 fully saturated rings. The van der Waals surface area contributed by atoms with Crippen molar-refractivity contribution < 1.29 is 23.6 Å². The van der Waals surface area contributed by atoms with E-state index in [1.54, 1.807) is 7.11 Å². The van der Waals surface area contributed by atoms with Crippen LogP contribution in [0.2, 0.25) is 5.02 Å². The van der Waals surface area contributed by atoms with Crippen LogP contribution >= 0.6 is 11.6 Å². The highest BCUT2D eigenvalue weighted by Crippen LogP contribution is 2.27. The van der Waals surface area contributed by atoms with Crippen molar-refractivity contribution in [1.29, 1.82) is 0 Å². The largest absolute Gasteiger partial charge is 0.493 e. The normalized spacial score (nSPS) is 13.0. The molecule has 2 N–H and O–H groups in total. The molecule has 0 aromatic heterocycles. The Morgan fingerprint density at radius 3 is 2.63 bits per heavy atom. The molecule has 146 valence electrons. The maximum atomic E-state index is 13.2. The summed E-state index contributed by atoms with van der Waals surface area (Å²) in [5.74, 6) is 0.670. The van der Waals surface area contributed by atoms with Gasteiger partial charge in [0.2, 0.25) is 0 Å². The van der Waals surface area contributed by atoms with Gasteiger partial charge in [0.25, 0.3) is 5.91 Å². The van der Waals surface area contributed by atoms with E-state index < -0.39 is 5.82 Å². The number of ether oxygens (including phenoxy) is 2. The van der Waals surface area contributed by atoms with Crippen molar-refractivity contribution in [2.24, 2.45) is 0 Å². The third kappa shape index (κ3) is 5.58. The molecule has 0 aliphatic rings. The van der Waals surface area contributed by atoms with E-state index in [0.29, 0.717) is 30.3 Å². The number of quaternary nitrogens is 1. The van der Waals surface area contributed by atoms with Crippen molar-refractivity contribution in [3.8, 4) is 11.5 Å². The molecule has 1 amide bonds. The van der Waals surface area contributed by atoms with Crippen LogP contribution in [0.1, 0.15) is 19.4 Å². The van der Waals surface area contributed by atoms with Gasteiger partial charge in [-0.1, -0.05) is 11.6 Å². The van der Waals surface area contributed by atoms with Crippen LogP contribution < -0.4 is 19.7 Å². The minimum Gasteiger partial charge on any atom is -0.493 e. The minimum atomic E-state index is -0.519. The lowest BCUT2D eigenvalue weighted by atomic mass is 10.1. The van der Waals surface area contributed by atoms with E-state index in [4.69, 9.17) is 21.1 Å². The van der Waals surface area contributed by atoms with Crippen LogP contribution in [0.25, 0.3) is 0 Å². The summed E-state index contributed by atoms with van der Waals surface area (Å²) in [4.78, 5) is 13.5. The van der Waals surface area contributed by atoms with Gasteiger partial charge in [-0.2, -0.15) is 0 Å². The lowest BCUT2D eigenvalue weighted by molar-refractivity contribution is -0.907. The average Bonchev–Trinajstić information content (AvgIpc) is 2.65. The molecular formula is C20H25ClFN2O3+. The Kier molecular flexibility index (Phi) is 7.45. The summed E-state index contributed by atoms with van der Waals surface area (Å²) in [7, 11) is 3.53. The Morgan fingerprint density at radius 2 is 2.00 bits per heavy atom. The topological polar surface area (TPSA) is 52.0 Å². The molecular weight excluding hydrogens is 371 g/mol. The monoisotopic (exact) mass is 395 g/mol. The lowest BCUT2D eigenvalue weighted by Gasteiger charge is -2.21. The first kappa shape index (κ1) is 21.0. The second-order valence-corrected chi connectivity index (χ2v) is 6.69. The number of amides is 1. The van der Waals surface area contributed by atoms with Gasteiger partial charge >= 0.3 is 0 Å². The Bertz CT molecular complexity index is 801. The van der Waals surface area contributed by atoms with Gasteiger partial charge in [-0.25, -0.2) is 4.39 Å². The Morgan fingerprint density at radius 1 is 1.26 bits per heavy atom. The van der Waals surface area contributed by atoms with E-state index in [9.17, 15) is 9.18 Å². The van der Waals surface area contributed by atoms with Crippen molar-refractivity contribution in [3.63, 3.8) is 0 Å². The first-order valence-corrected chi connectivity index (χ1v) is 9.11. The molecule has 2 aromatic carbocycles. The second kappa shape index (κ2) is 9.58. The first-order valence-electron chi connectivity index (χ1n) is 8.73. The summed E-state index contributed by atoms with van der Waals surface area (Å²) < 4.78 is 24.1. The summed E-state index contributed by atoms with van der Waals surface area (Å²) >= 11 is 5.76. The number of rotatable bonds is 8. The summed E-state index contributed by atoms with van der Waals surface area (Å²) in [5.41, 5.74) is 1.49. The summed E-state index contributed by atoms with van der Waals surface area (Å²) in [5, 5.41) is 2.74. The maximum Gasteiger partial charge on any atom is 0.282 e. The molecule has 0 aliphatic heterocycles. The number of nitrogens with one attached hydrogen (secondary N) is 2. The fraction of sp³-hybridized carbons (Fsp3) is 0.350. The number of carbonyl (C=O) groups excluding carboxylic acids is 1. The molecule has 7 heteroatoms. The summed E-state index contributed by atoms with van der Waals surface area (Å²) in [6.07, 6.45) is 0. The molecule has 0 radical (unpaired) electrons. The molecule has 2 aromatic rings. The maximum absolute atomic E-state index is 13.2. The van der Waals surface area contributed by atoms with Gasteiger partial charge in [-0.15, -0.1) is 0 Å². The van der Waals surface area contributed by atoms with Gasteiger partial charge in [-0.3, -0.25) is 4.79 Å². The number of hydrogen-bond acceptors (Lipinski definition) is 3. The number of methoxy groups -OCH3 is 1. The van der Waals surface area contributed by atoms with Gasteiger partial charge < -0.3 is 19.7 Å². The Labute approximate surface area is 164 Å². The van der Waals surface area contributed by atoms with Crippen LogP contribution in [0.15, 0.2) is 36.4 Å². The zero-order valence-electron chi connectivity index (χ0n) is 15.9. The van der Waals surface area contributed by atoms with Crippen LogP contribution in [0.4, 0.5) is 10.1 Å². The molecule has 0 saturated carbocycles. The van der Waals surface area contributed by atoms with Crippen LogP contribution in [-0.4, -0.2) is 32.7 Å². The van der Waals surface area contributed by atoms with Gasteiger partial charge in [-0.05, 0) is 50.2 Å². The van der Waals surface area contributed by atoms with Crippen molar-refractivity contribution in [2.75, 3.05) is 26.1 Å². The highest BCUT2D eigenvalue weighted by atomic mass is 35.5. The predicted molar refractivity (Wildman–Crippen MR) is 104 cm³/mol. The summed E-state index contributed by atoms with van der Waals surface area (Å²) in [6, 6.07) is 9.53. The zero-order valence-corrected chi connectivity index (χ0v) is 16.7. The van der Waals surface area contributed by atoms with Gasteiger partial charge in [0, 0.05) is 11.3 Å². The standard InChI is InChI=1S/C20H24ClFN2O3/c1-5-27-18-9-6-14(10-19(18)26-4)12-24(3)13(2)20(25)23-15-7-8-17(22)16(21)11-15/h6-11,13H,5,12H2,1-4H3,(H,23,25)/p+1/t13-/m1/s1. The number of hydrogen-bond donors (Lipinski definition) is 2. The highest BCUT2D eigenvalue weighted by molar-refractivity contribution is 6.31. The van der Waals surface area contributed by atoms with Crippen molar-refractivity contribution >= 4 is 23.2 Å². The Balaban J connectivity index is 2.02. The summed E-state index contributed by atoms with van der Waals surface area (Å²) in [6.45, 7) is 4.94. The molecule has 2 atom stereocenters. The van der Waals surface area contributed by atoms with E-state index in [-0.39, 0.29) is 17.0 Å². The smallest absolute Gasteiger partial charge is 0.282 e. The van der Waals surface area contributed by atoms with Crippen molar-refractivity contribution in [1.82, 2.24) is 0 Å². The van der Waals surface area contributed by atoms with Crippen LogP contribution in [-0.2, 0) is 11.3 Å². The average molecular weight is 396 g/mol. The number of anilines is 1.